The molecule has 0 aliphatic heterocycles. The average Bonchev–Trinajstić information content (AvgIpc) is 2.68. The van der Waals surface area contributed by atoms with E-state index in [0.717, 1.165) is 6.20 Å². The third kappa shape index (κ3) is 2.60. The van der Waals surface area contributed by atoms with Gasteiger partial charge in [-0.3, -0.25) is 4.55 Å². The zero-order valence-corrected chi connectivity index (χ0v) is 10.4. The minimum atomic E-state index is -4.48. The molecule has 0 saturated heterocycles. The molecule has 2 rings (SSSR count). The standard InChI is InChI=1S/C11H11NO6S/c13-10(11(14)15)5-7-6-12(19(16,17)18)9-4-2-1-3-8(7)9/h1-4,6,10,13H,5H2,(H,14,15)(H,16,17,18). The third-order valence-corrected chi connectivity index (χ3v) is 3.51. The lowest BCUT2D eigenvalue weighted by Gasteiger charge is -2.03. The van der Waals surface area contributed by atoms with Crippen LogP contribution < -0.4 is 0 Å². The van der Waals surface area contributed by atoms with E-state index in [-0.39, 0.29) is 11.9 Å². The molecule has 1 heterocycles. The van der Waals surface area contributed by atoms with Crippen LogP contribution in [-0.2, 0) is 21.5 Å². The summed E-state index contributed by atoms with van der Waals surface area (Å²) in [6.07, 6.45) is -0.787. The second-order valence-electron chi connectivity index (χ2n) is 4.00. The Balaban J connectivity index is 2.60. The summed E-state index contributed by atoms with van der Waals surface area (Å²) in [5.41, 5.74) is 0.542. The predicted octanol–water partition coefficient (Wildman–Crippen LogP) is 0.280. The number of aliphatic hydroxyl groups is 1. The molecule has 1 atom stereocenters. The van der Waals surface area contributed by atoms with Crippen molar-refractivity contribution >= 4 is 27.2 Å². The van der Waals surface area contributed by atoms with Crippen molar-refractivity contribution < 1.29 is 28.0 Å². The summed E-state index contributed by atoms with van der Waals surface area (Å²) in [6, 6.07) is 6.29. The Morgan fingerprint density at radius 1 is 1.32 bits per heavy atom. The van der Waals surface area contributed by atoms with Crippen LogP contribution >= 0.6 is 0 Å². The number of carboxylic acids is 1. The summed E-state index contributed by atoms with van der Waals surface area (Å²) < 4.78 is 32.2. The molecule has 0 aliphatic rings. The Morgan fingerprint density at radius 2 is 1.95 bits per heavy atom. The number of fused-ring (bicyclic) bond motifs is 1. The van der Waals surface area contributed by atoms with Crippen LogP contribution in [0.15, 0.2) is 30.5 Å². The SMILES string of the molecule is O=C(O)C(O)Cc1cn(S(=O)(=O)O)c2ccccc12. The number of para-hydroxylation sites is 1. The van der Waals surface area contributed by atoms with Crippen molar-refractivity contribution in [2.75, 3.05) is 0 Å². The Kier molecular flexibility index (Phi) is 3.31. The molecular formula is C11H11NO6S. The highest BCUT2D eigenvalue weighted by Crippen LogP contribution is 2.23. The lowest BCUT2D eigenvalue weighted by molar-refractivity contribution is -0.146. The first-order chi connectivity index (χ1) is 8.80. The van der Waals surface area contributed by atoms with Crippen molar-refractivity contribution in [3.8, 4) is 0 Å². The molecule has 0 saturated carbocycles. The molecule has 1 aromatic heterocycles. The Bertz CT molecular complexity index is 733. The van der Waals surface area contributed by atoms with Crippen LogP contribution in [0.4, 0.5) is 0 Å². The van der Waals surface area contributed by atoms with E-state index in [1.807, 2.05) is 0 Å². The van der Waals surface area contributed by atoms with E-state index in [0.29, 0.717) is 14.9 Å². The van der Waals surface area contributed by atoms with Gasteiger partial charge in [-0.15, -0.1) is 0 Å². The summed E-state index contributed by atoms with van der Waals surface area (Å²) >= 11 is 0. The number of aromatic nitrogens is 1. The number of hydrogen-bond donors (Lipinski definition) is 3. The molecule has 2 aromatic rings. The number of rotatable bonds is 4. The summed E-state index contributed by atoms with van der Waals surface area (Å²) in [6.45, 7) is 0. The van der Waals surface area contributed by atoms with Gasteiger partial charge in [-0.1, -0.05) is 18.2 Å². The summed E-state index contributed by atoms with van der Waals surface area (Å²) in [5.74, 6) is -1.40. The largest absolute Gasteiger partial charge is 0.479 e. The van der Waals surface area contributed by atoms with Crippen molar-refractivity contribution in [2.45, 2.75) is 12.5 Å². The minimum absolute atomic E-state index is 0.220. The van der Waals surface area contributed by atoms with Crippen molar-refractivity contribution in [3.63, 3.8) is 0 Å². The van der Waals surface area contributed by atoms with E-state index in [4.69, 9.17) is 9.66 Å². The lowest BCUT2D eigenvalue weighted by atomic mass is 10.1. The number of carbonyl (C=O) groups is 1. The molecule has 19 heavy (non-hydrogen) atoms. The van der Waals surface area contributed by atoms with Crippen molar-refractivity contribution in [1.29, 1.82) is 0 Å². The van der Waals surface area contributed by atoms with Gasteiger partial charge in [-0.25, -0.2) is 8.77 Å². The van der Waals surface area contributed by atoms with E-state index in [9.17, 15) is 18.3 Å². The molecule has 0 bridgehead atoms. The van der Waals surface area contributed by atoms with Crippen molar-refractivity contribution in [1.82, 2.24) is 3.97 Å². The highest BCUT2D eigenvalue weighted by atomic mass is 32.2. The zero-order chi connectivity index (χ0) is 14.2. The number of hydrogen-bond acceptors (Lipinski definition) is 4. The molecular weight excluding hydrogens is 274 g/mol. The van der Waals surface area contributed by atoms with Crippen LogP contribution in [-0.4, -0.2) is 39.2 Å². The Hall–Kier alpha value is -1.90. The van der Waals surface area contributed by atoms with Gasteiger partial charge in [0.1, 0.15) is 0 Å². The van der Waals surface area contributed by atoms with Gasteiger partial charge in [-0.2, -0.15) is 8.42 Å². The number of carboxylic acid groups (broad SMARTS) is 1. The maximum Gasteiger partial charge on any atom is 0.363 e. The minimum Gasteiger partial charge on any atom is -0.479 e. The number of aliphatic carboxylic acids is 1. The highest BCUT2D eigenvalue weighted by molar-refractivity contribution is 7.84. The molecule has 0 amide bonds. The summed E-state index contributed by atoms with van der Waals surface area (Å²) in [4.78, 5) is 10.6. The molecule has 102 valence electrons. The van der Waals surface area contributed by atoms with Crippen molar-refractivity contribution in [2.24, 2.45) is 0 Å². The first kappa shape index (κ1) is 13.5. The topological polar surface area (TPSA) is 117 Å². The molecule has 8 heteroatoms. The van der Waals surface area contributed by atoms with E-state index >= 15 is 0 Å². The van der Waals surface area contributed by atoms with E-state index < -0.39 is 22.4 Å². The van der Waals surface area contributed by atoms with E-state index in [1.165, 1.54) is 6.07 Å². The zero-order valence-electron chi connectivity index (χ0n) is 9.59. The predicted molar refractivity (Wildman–Crippen MR) is 66.2 cm³/mol. The van der Waals surface area contributed by atoms with Gasteiger partial charge < -0.3 is 10.2 Å². The van der Waals surface area contributed by atoms with Crippen LogP contribution in [0.2, 0.25) is 0 Å². The first-order valence-corrected chi connectivity index (χ1v) is 6.68. The fourth-order valence-electron chi connectivity index (χ4n) is 1.87. The first-order valence-electron chi connectivity index (χ1n) is 5.28. The van der Waals surface area contributed by atoms with E-state index in [2.05, 4.69) is 0 Å². The molecule has 0 radical (unpaired) electrons. The van der Waals surface area contributed by atoms with Gasteiger partial charge in [0.2, 0.25) is 0 Å². The number of benzene rings is 1. The van der Waals surface area contributed by atoms with Gasteiger partial charge >= 0.3 is 16.3 Å². The Morgan fingerprint density at radius 3 is 2.53 bits per heavy atom. The second-order valence-corrected chi connectivity index (χ2v) is 5.29. The Labute approximate surface area is 108 Å². The smallest absolute Gasteiger partial charge is 0.363 e. The number of nitrogens with zero attached hydrogens (tertiary/aromatic N) is 1. The highest BCUT2D eigenvalue weighted by Gasteiger charge is 2.20. The molecule has 0 fully saturated rings. The quantitative estimate of drug-likeness (QED) is 0.695. The van der Waals surface area contributed by atoms with Gasteiger partial charge in [0.25, 0.3) is 0 Å². The van der Waals surface area contributed by atoms with Crippen molar-refractivity contribution in [3.05, 3.63) is 36.0 Å². The van der Waals surface area contributed by atoms with Crippen LogP contribution in [0.5, 0.6) is 0 Å². The summed E-state index contributed by atoms with van der Waals surface area (Å²) in [5, 5.41) is 18.4. The normalized spacial score (nSPS) is 13.6. The maximum atomic E-state index is 11.2. The monoisotopic (exact) mass is 285 g/mol. The van der Waals surface area contributed by atoms with Gasteiger partial charge in [-0.05, 0) is 11.6 Å². The molecule has 3 N–H and O–H groups in total. The van der Waals surface area contributed by atoms with Crippen LogP contribution in [0, 0.1) is 0 Å². The van der Waals surface area contributed by atoms with Crippen LogP contribution in [0.1, 0.15) is 5.56 Å². The molecule has 0 spiro atoms. The molecule has 1 unspecified atom stereocenters. The fourth-order valence-corrected chi connectivity index (χ4v) is 2.54. The van der Waals surface area contributed by atoms with E-state index in [1.54, 1.807) is 18.2 Å². The van der Waals surface area contributed by atoms with Gasteiger partial charge in [0.15, 0.2) is 6.10 Å². The lowest BCUT2D eigenvalue weighted by Crippen LogP contribution is -2.21. The molecule has 0 aliphatic carbocycles. The molecule has 1 aromatic carbocycles. The summed E-state index contributed by atoms with van der Waals surface area (Å²) in [7, 11) is -4.48. The fraction of sp³-hybridized carbons (Fsp3) is 0.182. The average molecular weight is 285 g/mol. The third-order valence-electron chi connectivity index (χ3n) is 2.71. The molecule has 7 nitrogen and oxygen atoms in total. The van der Waals surface area contributed by atoms with Gasteiger partial charge in [0, 0.05) is 18.0 Å². The van der Waals surface area contributed by atoms with Crippen LogP contribution in [0.25, 0.3) is 10.9 Å². The maximum absolute atomic E-state index is 11.2. The van der Waals surface area contributed by atoms with Crippen LogP contribution in [0.3, 0.4) is 0 Å². The number of aliphatic hydroxyl groups excluding tert-OH is 1. The second kappa shape index (κ2) is 4.65. The van der Waals surface area contributed by atoms with Gasteiger partial charge in [0.05, 0.1) is 5.52 Å².